The number of methoxy groups -OCH3 is 1. The molecule has 2 aromatic carbocycles. The molecule has 0 spiro atoms. The van der Waals surface area contributed by atoms with E-state index in [0.717, 1.165) is 60.3 Å². The van der Waals surface area contributed by atoms with E-state index in [-0.39, 0.29) is 0 Å². The molecule has 0 fully saturated rings. The topological polar surface area (TPSA) is 57.5 Å². The molecule has 0 saturated heterocycles. The first-order valence-electron chi connectivity index (χ1n) is 9.69. The van der Waals surface area contributed by atoms with Gasteiger partial charge < -0.3 is 19.5 Å². The van der Waals surface area contributed by atoms with Crippen LogP contribution in [0, 0.1) is 0 Å². The number of nitrogens with one attached hydrogen (secondary N) is 1. The molecule has 144 valence electrons. The zero-order chi connectivity index (χ0) is 18.9. The maximum atomic E-state index is 5.74. The van der Waals surface area contributed by atoms with Gasteiger partial charge >= 0.3 is 0 Å². The molecule has 0 saturated carbocycles. The molecule has 5 rings (SSSR count). The van der Waals surface area contributed by atoms with Gasteiger partial charge in [0.25, 0.3) is 0 Å². The van der Waals surface area contributed by atoms with E-state index in [1.54, 1.807) is 7.11 Å². The number of hydrogen-bond acceptors (Lipinski definition) is 5. The molecule has 0 amide bonds. The fourth-order valence-electron chi connectivity index (χ4n) is 3.85. The third kappa shape index (κ3) is 3.05. The molecule has 0 radical (unpaired) electrons. The highest BCUT2D eigenvalue weighted by Gasteiger charge is 2.23. The summed E-state index contributed by atoms with van der Waals surface area (Å²) in [5.41, 5.74) is 4.76. The second-order valence-corrected chi connectivity index (χ2v) is 7.04. The lowest BCUT2D eigenvalue weighted by Gasteiger charge is -2.19. The number of rotatable bonds is 5. The van der Waals surface area contributed by atoms with Gasteiger partial charge in [0.1, 0.15) is 24.8 Å². The standard InChI is InChI=1S/C22H23N3O3/c1-26-17-6-2-15(3-7-17)4-8-19-18-10-11-23-22(18)25(24-19)16-5-9-20-21(14-16)28-13-12-27-20/h2-3,5-7,9,14,23H,4,8,10-13H2,1H3. The first-order valence-corrected chi connectivity index (χ1v) is 9.69. The summed E-state index contributed by atoms with van der Waals surface area (Å²) >= 11 is 0. The summed E-state index contributed by atoms with van der Waals surface area (Å²) in [6.45, 7) is 2.13. The van der Waals surface area contributed by atoms with Crippen molar-refractivity contribution >= 4 is 5.82 Å². The van der Waals surface area contributed by atoms with Crippen molar-refractivity contribution in [2.45, 2.75) is 19.3 Å². The monoisotopic (exact) mass is 377 g/mol. The summed E-state index contributed by atoms with van der Waals surface area (Å²) in [7, 11) is 1.69. The molecular formula is C22H23N3O3. The van der Waals surface area contributed by atoms with Crippen LogP contribution in [0.3, 0.4) is 0 Å². The molecule has 2 aliphatic heterocycles. The quantitative estimate of drug-likeness (QED) is 0.739. The maximum absolute atomic E-state index is 5.74. The van der Waals surface area contributed by atoms with Crippen LogP contribution in [-0.4, -0.2) is 36.6 Å². The Labute approximate surface area is 164 Å². The van der Waals surface area contributed by atoms with E-state index in [2.05, 4.69) is 17.4 Å². The van der Waals surface area contributed by atoms with E-state index in [0.29, 0.717) is 13.2 Å². The number of ether oxygens (including phenoxy) is 3. The Balaban J connectivity index is 1.41. The molecule has 1 N–H and O–H groups in total. The summed E-state index contributed by atoms with van der Waals surface area (Å²) in [4.78, 5) is 0. The van der Waals surface area contributed by atoms with Crippen molar-refractivity contribution in [1.29, 1.82) is 0 Å². The molecule has 1 aromatic heterocycles. The van der Waals surface area contributed by atoms with Gasteiger partial charge in [0, 0.05) is 18.2 Å². The highest BCUT2D eigenvalue weighted by Crippen LogP contribution is 2.35. The Bertz CT molecular complexity index is 995. The molecule has 3 heterocycles. The zero-order valence-corrected chi connectivity index (χ0v) is 15.9. The van der Waals surface area contributed by atoms with Crippen LogP contribution in [0.25, 0.3) is 5.69 Å². The highest BCUT2D eigenvalue weighted by atomic mass is 16.6. The molecule has 0 atom stereocenters. The number of hydrogen-bond donors (Lipinski definition) is 1. The molecule has 0 bridgehead atoms. The second kappa shape index (κ2) is 7.11. The van der Waals surface area contributed by atoms with E-state index >= 15 is 0 Å². The molecule has 6 nitrogen and oxygen atoms in total. The Morgan fingerprint density at radius 1 is 1.04 bits per heavy atom. The minimum absolute atomic E-state index is 0.582. The maximum Gasteiger partial charge on any atom is 0.163 e. The van der Waals surface area contributed by atoms with Gasteiger partial charge in [-0.25, -0.2) is 4.68 Å². The molecule has 0 aliphatic carbocycles. The largest absolute Gasteiger partial charge is 0.497 e. The average molecular weight is 377 g/mol. The van der Waals surface area contributed by atoms with Crippen LogP contribution in [0.15, 0.2) is 42.5 Å². The number of aromatic nitrogens is 2. The Hall–Kier alpha value is -3.15. The van der Waals surface area contributed by atoms with E-state index in [9.17, 15) is 0 Å². The van der Waals surface area contributed by atoms with Crippen LogP contribution < -0.4 is 19.5 Å². The Morgan fingerprint density at radius 3 is 2.68 bits per heavy atom. The summed E-state index contributed by atoms with van der Waals surface area (Å²) in [6.07, 6.45) is 2.88. The lowest BCUT2D eigenvalue weighted by molar-refractivity contribution is 0.171. The molecule has 0 unspecified atom stereocenters. The van der Waals surface area contributed by atoms with E-state index in [1.165, 1.54) is 11.1 Å². The van der Waals surface area contributed by atoms with Crippen molar-refractivity contribution < 1.29 is 14.2 Å². The van der Waals surface area contributed by atoms with Crippen molar-refractivity contribution in [3.63, 3.8) is 0 Å². The van der Waals surface area contributed by atoms with Crippen molar-refractivity contribution in [2.75, 3.05) is 32.2 Å². The zero-order valence-electron chi connectivity index (χ0n) is 15.9. The van der Waals surface area contributed by atoms with E-state index < -0.39 is 0 Å². The first kappa shape index (κ1) is 17.0. The van der Waals surface area contributed by atoms with E-state index in [4.69, 9.17) is 19.3 Å². The smallest absolute Gasteiger partial charge is 0.163 e. The van der Waals surface area contributed by atoms with Gasteiger partial charge in [-0.2, -0.15) is 5.10 Å². The van der Waals surface area contributed by atoms with Gasteiger partial charge in [-0.15, -0.1) is 0 Å². The number of fused-ring (bicyclic) bond motifs is 2. The summed E-state index contributed by atoms with van der Waals surface area (Å²) in [5.74, 6) is 3.57. The van der Waals surface area contributed by atoms with Gasteiger partial charge in [0.05, 0.1) is 18.5 Å². The van der Waals surface area contributed by atoms with Gasteiger partial charge in [0.2, 0.25) is 0 Å². The van der Waals surface area contributed by atoms with Gasteiger partial charge in [0.15, 0.2) is 11.5 Å². The van der Waals surface area contributed by atoms with Crippen LogP contribution in [-0.2, 0) is 19.3 Å². The van der Waals surface area contributed by atoms with Crippen LogP contribution in [0.2, 0.25) is 0 Å². The number of anilines is 1. The van der Waals surface area contributed by atoms with Crippen molar-refractivity contribution in [2.24, 2.45) is 0 Å². The second-order valence-electron chi connectivity index (χ2n) is 7.04. The third-order valence-corrected chi connectivity index (χ3v) is 5.31. The number of nitrogens with zero attached hydrogens (tertiary/aromatic N) is 2. The SMILES string of the molecule is COc1ccc(CCc2nn(-c3ccc4c(c3)OCCO4)c3c2CCN3)cc1. The molecule has 28 heavy (non-hydrogen) atoms. The number of aryl methyl sites for hydroxylation is 2. The Morgan fingerprint density at radius 2 is 1.86 bits per heavy atom. The average Bonchev–Trinajstić information content (AvgIpc) is 3.35. The molecule has 2 aliphatic rings. The summed E-state index contributed by atoms with van der Waals surface area (Å²) in [6, 6.07) is 14.3. The van der Waals surface area contributed by atoms with Crippen molar-refractivity contribution in [3.8, 4) is 22.9 Å². The lowest BCUT2D eigenvalue weighted by Crippen LogP contribution is -2.15. The fourth-order valence-corrected chi connectivity index (χ4v) is 3.85. The summed E-state index contributed by atoms with van der Waals surface area (Å²) in [5, 5.41) is 8.43. The van der Waals surface area contributed by atoms with Crippen LogP contribution >= 0.6 is 0 Å². The van der Waals surface area contributed by atoms with E-state index in [1.807, 2.05) is 35.0 Å². The predicted octanol–water partition coefficient (Wildman–Crippen LogP) is 3.41. The first-order chi connectivity index (χ1) is 13.8. The van der Waals surface area contributed by atoms with Gasteiger partial charge in [-0.05, 0) is 49.1 Å². The third-order valence-electron chi connectivity index (χ3n) is 5.31. The van der Waals surface area contributed by atoms with Crippen LogP contribution in [0.5, 0.6) is 17.2 Å². The summed E-state index contributed by atoms with van der Waals surface area (Å²) < 4.78 is 18.6. The van der Waals surface area contributed by atoms with Crippen LogP contribution in [0.1, 0.15) is 16.8 Å². The number of benzene rings is 2. The van der Waals surface area contributed by atoms with Crippen molar-refractivity contribution in [1.82, 2.24) is 9.78 Å². The highest BCUT2D eigenvalue weighted by molar-refractivity contribution is 5.59. The minimum atomic E-state index is 0.582. The lowest BCUT2D eigenvalue weighted by atomic mass is 10.1. The van der Waals surface area contributed by atoms with Crippen molar-refractivity contribution in [3.05, 3.63) is 59.3 Å². The molecular weight excluding hydrogens is 354 g/mol. The van der Waals surface area contributed by atoms with Gasteiger partial charge in [-0.1, -0.05) is 12.1 Å². The molecule has 3 aromatic rings. The minimum Gasteiger partial charge on any atom is -0.497 e. The predicted molar refractivity (Wildman–Crippen MR) is 107 cm³/mol. The molecule has 6 heteroatoms. The Kier molecular flexibility index (Phi) is 4.31. The fraction of sp³-hybridized carbons (Fsp3) is 0.318. The van der Waals surface area contributed by atoms with Gasteiger partial charge in [-0.3, -0.25) is 0 Å². The van der Waals surface area contributed by atoms with Crippen LogP contribution in [0.4, 0.5) is 5.82 Å². The normalized spacial score (nSPS) is 14.5.